The normalized spacial score (nSPS) is 15.0. The van der Waals surface area contributed by atoms with Gasteiger partial charge in [-0.3, -0.25) is 10.1 Å². The van der Waals surface area contributed by atoms with E-state index in [9.17, 15) is 4.39 Å². The summed E-state index contributed by atoms with van der Waals surface area (Å²) in [6.45, 7) is 18.2. The van der Waals surface area contributed by atoms with Gasteiger partial charge in [0.1, 0.15) is 11.5 Å². The summed E-state index contributed by atoms with van der Waals surface area (Å²) in [5.74, 6) is 0.442. The molecule has 1 fully saturated rings. The molecule has 0 amide bonds. The molecule has 44 heavy (non-hydrogen) atoms. The first-order chi connectivity index (χ1) is 21.3. The van der Waals surface area contributed by atoms with Crippen LogP contribution >= 0.6 is 0 Å². The van der Waals surface area contributed by atoms with Crippen molar-refractivity contribution in [3.63, 3.8) is 0 Å². The lowest BCUT2D eigenvalue weighted by molar-refractivity contribution is 0.353. The molecule has 0 spiro atoms. The van der Waals surface area contributed by atoms with Crippen molar-refractivity contribution < 1.29 is 4.39 Å². The first kappa shape index (κ1) is 30.7. The van der Waals surface area contributed by atoms with E-state index in [2.05, 4.69) is 58.4 Å². The molecule has 226 valence electrons. The highest BCUT2D eigenvalue weighted by Gasteiger charge is 2.18. The summed E-state index contributed by atoms with van der Waals surface area (Å²) in [7, 11) is 0. The molecule has 0 aliphatic heterocycles. The van der Waals surface area contributed by atoms with E-state index in [1.165, 1.54) is 38.2 Å². The Labute approximate surface area is 260 Å². The fourth-order valence-corrected chi connectivity index (χ4v) is 6.21. The van der Waals surface area contributed by atoms with Crippen molar-refractivity contribution in [2.75, 3.05) is 0 Å². The van der Waals surface area contributed by atoms with E-state index in [0.717, 1.165) is 79.3 Å². The zero-order valence-electron chi connectivity index (χ0n) is 26.1. The molecule has 0 bridgehead atoms. The van der Waals surface area contributed by atoms with E-state index in [1.807, 2.05) is 51.3 Å². The summed E-state index contributed by atoms with van der Waals surface area (Å²) < 4.78 is 14.3. The minimum atomic E-state index is -0.265. The number of H-pyrrole nitrogens is 2. The standard InChI is InChI=1S/C38H42FN5/c1-7-13-32(29-16-24(4)17-30(39)19-29)33-21-36(42-26(33)6)38-34-22-35(40-23-37(34)43-44-38)28(8-2)20-31(9-3)41-25(5)18-27-14-11-10-12-15-27/h7-9,13,16-17,19-23,27,41-42H,1,3,5,10-12,14-15,18H2,2,4,6H3,(H,43,44)/b28-8+,31-20+,32-13-. The van der Waals surface area contributed by atoms with Gasteiger partial charge in [-0.2, -0.15) is 5.10 Å². The molecule has 3 heterocycles. The lowest BCUT2D eigenvalue weighted by Crippen LogP contribution is -2.16. The molecule has 1 aliphatic rings. The minimum absolute atomic E-state index is 0.265. The van der Waals surface area contributed by atoms with Crippen LogP contribution in [0.25, 0.3) is 33.4 Å². The molecule has 1 saturated carbocycles. The summed E-state index contributed by atoms with van der Waals surface area (Å²) in [6, 6.07) is 9.19. The number of hydrogen-bond acceptors (Lipinski definition) is 3. The number of benzene rings is 1. The van der Waals surface area contributed by atoms with Crippen LogP contribution in [0.2, 0.25) is 0 Å². The Kier molecular flexibility index (Phi) is 9.59. The van der Waals surface area contributed by atoms with E-state index < -0.39 is 0 Å². The van der Waals surface area contributed by atoms with Crippen LogP contribution in [0.4, 0.5) is 4.39 Å². The lowest BCUT2D eigenvalue weighted by atomic mass is 9.86. The highest BCUT2D eigenvalue weighted by atomic mass is 19.1. The molecule has 1 aliphatic carbocycles. The van der Waals surface area contributed by atoms with Gasteiger partial charge >= 0.3 is 0 Å². The third-order valence-electron chi connectivity index (χ3n) is 8.36. The van der Waals surface area contributed by atoms with Gasteiger partial charge in [0.2, 0.25) is 0 Å². The summed E-state index contributed by atoms with van der Waals surface area (Å²) in [5.41, 5.74) is 10.6. The second kappa shape index (κ2) is 13.7. The molecule has 3 N–H and O–H groups in total. The maximum atomic E-state index is 14.3. The maximum absolute atomic E-state index is 14.3. The van der Waals surface area contributed by atoms with Crippen molar-refractivity contribution >= 4 is 22.0 Å². The molecule has 6 heteroatoms. The molecule has 0 radical (unpaired) electrons. The third-order valence-corrected chi connectivity index (χ3v) is 8.36. The number of hydrogen-bond donors (Lipinski definition) is 3. The van der Waals surface area contributed by atoms with Crippen LogP contribution < -0.4 is 5.32 Å². The van der Waals surface area contributed by atoms with E-state index in [0.29, 0.717) is 5.92 Å². The predicted molar refractivity (Wildman–Crippen MR) is 182 cm³/mol. The van der Waals surface area contributed by atoms with Gasteiger partial charge in [-0.15, -0.1) is 0 Å². The average molecular weight is 588 g/mol. The first-order valence-electron chi connectivity index (χ1n) is 15.4. The van der Waals surface area contributed by atoms with Crippen molar-refractivity contribution in [1.29, 1.82) is 0 Å². The Morgan fingerprint density at radius 1 is 1.09 bits per heavy atom. The van der Waals surface area contributed by atoms with Crippen molar-refractivity contribution in [1.82, 2.24) is 25.5 Å². The number of fused-ring (bicyclic) bond motifs is 1. The lowest BCUT2D eigenvalue weighted by Gasteiger charge is -2.23. The number of halogens is 1. The zero-order chi connectivity index (χ0) is 31.2. The molecule has 5 rings (SSSR count). The Hall–Kier alpha value is -4.71. The van der Waals surface area contributed by atoms with Crippen molar-refractivity contribution in [3.05, 3.63) is 132 Å². The van der Waals surface area contributed by atoms with Gasteiger partial charge in [-0.05, 0) is 91.8 Å². The van der Waals surface area contributed by atoms with Gasteiger partial charge in [-0.1, -0.05) is 76.1 Å². The topological polar surface area (TPSA) is 69.4 Å². The van der Waals surface area contributed by atoms with Gasteiger partial charge in [0.25, 0.3) is 0 Å². The molecule has 1 aromatic carbocycles. The monoisotopic (exact) mass is 587 g/mol. The number of aromatic amines is 2. The number of allylic oxidation sites excluding steroid dienone is 7. The molecule has 5 nitrogen and oxygen atoms in total. The summed E-state index contributed by atoms with van der Waals surface area (Å²) in [6.07, 6.45) is 18.9. The molecular formula is C38H42FN5. The van der Waals surface area contributed by atoms with E-state index in [4.69, 9.17) is 4.98 Å². The number of aryl methyl sites for hydroxylation is 2. The van der Waals surface area contributed by atoms with Crippen LogP contribution in [0.1, 0.15) is 73.5 Å². The van der Waals surface area contributed by atoms with Crippen LogP contribution in [0, 0.1) is 25.6 Å². The first-order valence-corrected chi connectivity index (χ1v) is 15.4. The van der Waals surface area contributed by atoms with Crippen LogP contribution in [-0.4, -0.2) is 20.2 Å². The molecule has 3 aromatic heterocycles. The van der Waals surface area contributed by atoms with Crippen LogP contribution in [0.15, 0.2) is 98.0 Å². The number of nitrogens with one attached hydrogen (secondary N) is 3. The minimum Gasteiger partial charge on any atom is -0.359 e. The van der Waals surface area contributed by atoms with Gasteiger partial charge in [0.15, 0.2) is 0 Å². The Morgan fingerprint density at radius 2 is 1.89 bits per heavy atom. The Morgan fingerprint density at radius 3 is 2.59 bits per heavy atom. The quantitative estimate of drug-likeness (QED) is 0.153. The highest BCUT2D eigenvalue weighted by molar-refractivity contribution is 5.95. The van der Waals surface area contributed by atoms with Crippen LogP contribution in [0.5, 0.6) is 0 Å². The van der Waals surface area contributed by atoms with E-state index >= 15 is 0 Å². The Balaban J connectivity index is 1.44. The predicted octanol–water partition coefficient (Wildman–Crippen LogP) is 9.87. The number of aromatic nitrogens is 4. The maximum Gasteiger partial charge on any atom is 0.124 e. The molecule has 0 saturated heterocycles. The van der Waals surface area contributed by atoms with Crippen molar-refractivity contribution in [3.8, 4) is 11.4 Å². The zero-order valence-corrected chi connectivity index (χ0v) is 26.1. The van der Waals surface area contributed by atoms with Crippen LogP contribution in [-0.2, 0) is 0 Å². The van der Waals surface area contributed by atoms with Gasteiger partial charge in [0, 0.05) is 28.0 Å². The smallest absolute Gasteiger partial charge is 0.124 e. The average Bonchev–Trinajstić information content (AvgIpc) is 3.60. The summed E-state index contributed by atoms with van der Waals surface area (Å²) >= 11 is 0. The third kappa shape index (κ3) is 6.91. The van der Waals surface area contributed by atoms with Gasteiger partial charge in [0.05, 0.1) is 23.1 Å². The molecular weight excluding hydrogens is 545 g/mol. The largest absolute Gasteiger partial charge is 0.359 e. The molecule has 4 aromatic rings. The second-order valence-corrected chi connectivity index (χ2v) is 11.7. The molecule has 0 unspecified atom stereocenters. The summed E-state index contributed by atoms with van der Waals surface area (Å²) in [4.78, 5) is 8.25. The van der Waals surface area contributed by atoms with Gasteiger partial charge in [-0.25, -0.2) is 4.39 Å². The number of rotatable bonds is 11. The second-order valence-electron chi connectivity index (χ2n) is 11.7. The summed E-state index contributed by atoms with van der Waals surface area (Å²) in [5, 5.41) is 12.2. The number of pyridine rings is 1. The van der Waals surface area contributed by atoms with E-state index in [1.54, 1.807) is 12.1 Å². The molecule has 0 atom stereocenters. The van der Waals surface area contributed by atoms with Crippen molar-refractivity contribution in [2.24, 2.45) is 5.92 Å². The fourth-order valence-electron chi connectivity index (χ4n) is 6.21. The Bertz CT molecular complexity index is 1770. The number of nitrogens with zero attached hydrogens (tertiary/aromatic N) is 2. The fraction of sp³-hybridized carbons (Fsp3) is 0.263. The SMILES string of the molecule is C=C/C=C(/c1cc(C)cc(F)c1)c1cc(-c2n[nH]c3cnc(C(/C=C(\C=C)NC(=C)CC4CCCCC4)=C/C)cc23)[nH]c1C. The van der Waals surface area contributed by atoms with E-state index in [-0.39, 0.29) is 5.82 Å². The van der Waals surface area contributed by atoms with Crippen LogP contribution in [0.3, 0.4) is 0 Å². The van der Waals surface area contributed by atoms with Gasteiger partial charge < -0.3 is 10.3 Å². The highest BCUT2D eigenvalue weighted by Crippen LogP contribution is 2.34. The van der Waals surface area contributed by atoms with Crippen molar-refractivity contribution in [2.45, 2.75) is 59.3 Å².